The van der Waals surface area contributed by atoms with Crippen LogP contribution in [0.15, 0.2) is 24.3 Å². The lowest BCUT2D eigenvalue weighted by Crippen LogP contribution is -2.35. The molecule has 1 amide bonds. The van der Waals surface area contributed by atoms with Gasteiger partial charge < -0.3 is 19.8 Å². The van der Waals surface area contributed by atoms with Gasteiger partial charge in [-0.1, -0.05) is 24.3 Å². The van der Waals surface area contributed by atoms with Crippen LogP contribution >= 0.6 is 0 Å². The zero-order chi connectivity index (χ0) is 18.4. The Morgan fingerprint density at radius 1 is 1.15 bits per heavy atom. The molecule has 5 nitrogen and oxygen atoms in total. The highest BCUT2D eigenvalue weighted by molar-refractivity contribution is 5.76. The van der Waals surface area contributed by atoms with E-state index in [2.05, 4.69) is 33.9 Å². The van der Waals surface area contributed by atoms with Gasteiger partial charge in [-0.05, 0) is 56.4 Å². The van der Waals surface area contributed by atoms with E-state index in [4.69, 9.17) is 0 Å². The summed E-state index contributed by atoms with van der Waals surface area (Å²) in [4.78, 5) is 19.5. The number of hydrogen-bond acceptors (Lipinski definition) is 4. The predicted molar refractivity (Wildman–Crippen MR) is 104 cm³/mol. The van der Waals surface area contributed by atoms with E-state index in [1.54, 1.807) is 0 Å². The number of nitrogens with zero attached hydrogens (tertiary/aromatic N) is 3. The summed E-state index contributed by atoms with van der Waals surface area (Å²) in [5.74, 6) is 0.855. The van der Waals surface area contributed by atoms with Gasteiger partial charge >= 0.3 is 0 Å². The molecule has 2 heterocycles. The molecule has 0 unspecified atom stereocenters. The number of likely N-dealkylation sites (N-methyl/N-ethyl adjacent to an activating group) is 1. The Balaban J connectivity index is 1.42. The summed E-state index contributed by atoms with van der Waals surface area (Å²) in [5, 5.41) is 9.28. The van der Waals surface area contributed by atoms with Crippen molar-refractivity contribution in [3.05, 3.63) is 35.4 Å². The first-order valence-electron chi connectivity index (χ1n) is 10.0. The zero-order valence-corrected chi connectivity index (χ0v) is 16.1. The van der Waals surface area contributed by atoms with Crippen molar-refractivity contribution in [3.8, 4) is 0 Å². The largest absolute Gasteiger partial charge is 0.392 e. The van der Waals surface area contributed by atoms with Crippen LogP contribution in [-0.2, 0) is 17.8 Å². The topological polar surface area (TPSA) is 47.0 Å². The van der Waals surface area contributed by atoms with Gasteiger partial charge in [0.05, 0.1) is 6.61 Å². The van der Waals surface area contributed by atoms with Crippen molar-refractivity contribution in [1.82, 2.24) is 14.7 Å². The third-order valence-electron chi connectivity index (χ3n) is 5.79. The fraction of sp³-hybridized carbons (Fsp3) is 0.667. The smallest absolute Gasteiger partial charge is 0.223 e. The molecular weight excluding hydrogens is 326 g/mol. The quantitative estimate of drug-likeness (QED) is 0.838. The van der Waals surface area contributed by atoms with Gasteiger partial charge in [0.15, 0.2) is 0 Å². The summed E-state index contributed by atoms with van der Waals surface area (Å²) in [6.45, 7) is 7.22. The lowest BCUT2D eigenvalue weighted by molar-refractivity contribution is -0.130. The minimum absolute atomic E-state index is 0.0927. The molecule has 3 rings (SSSR count). The van der Waals surface area contributed by atoms with Crippen LogP contribution in [0.5, 0.6) is 0 Å². The van der Waals surface area contributed by atoms with Gasteiger partial charge in [-0.25, -0.2) is 0 Å². The van der Waals surface area contributed by atoms with Gasteiger partial charge in [0.2, 0.25) is 5.91 Å². The van der Waals surface area contributed by atoms with Gasteiger partial charge in [0, 0.05) is 39.1 Å². The maximum atomic E-state index is 12.6. The van der Waals surface area contributed by atoms with Crippen molar-refractivity contribution in [1.29, 1.82) is 0 Å². The molecule has 5 heteroatoms. The van der Waals surface area contributed by atoms with E-state index in [0.717, 1.165) is 64.2 Å². The second-order valence-corrected chi connectivity index (χ2v) is 7.93. The van der Waals surface area contributed by atoms with Gasteiger partial charge in [0.25, 0.3) is 0 Å². The van der Waals surface area contributed by atoms with E-state index in [0.29, 0.717) is 18.2 Å². The highest BCUT2D eigenvalue weighted by Gasteiger charge is 2.26. The molecule has 2 saturated heterocycles. The summed E-state index contributed by atoms with van der Waals surface area (Å²) in [7, 11) is 2.18. The summed E-state index contributed by atoms with van der Waals surface area (Å²) in [6, 6.07) is 8.17. The lowest BCUT2D eigenvalue weighted by atomic mass is 9.97. The summed E-state index contributed by atoms with van der Waals surface area (Å²) in [5.41, 5.74) is 2.24. The molecule has 0 bridgehead atoms. The molecule has 0 aromatic heterocycles. The van der Waals surface area contributed by atoms with Crippen LogP contribution in [0.2, 0.25) is 0 Å². The van der Waals surface area contributed by atoms with E-state index in [-0.39, 0.29) is 6.61 Å². The molecule has 2 aliphatic heterocycles. The van der Waals surface area contributed by atoms with E-state index >= 15 is 0 Å². The SMILES string of the molecule is CN1CCCN(CCC(=O)N2CC[C@@H](Cc3cccc(CO)c3)C2)CC1. The number of aliphatic hydroxyl groups is 1. The van der Waals surface area contributed by atoms with Gasteiger partial charge in [0.1, 0.15) is 0 Å². The number of likely N-dealkylation sites (tertiary alicyclic amines) is 1. The summed E-state index contributed by atoms with van der Waals surface area (Å²) in [6.07, 6.45) is 3.93. The average Bonchev–Trinajstić information content (AvgIpc) is 3.01. The number of hydrogen-bond donors (Lipinski definition) is 1. The number of rotatable bonds is 6. The normalized spacial score (nSPS) is 22.5. The highest BCUT2D eigenvalue weighted by Crippen LogP contribution is 2.22. The molecule has 0 aliphatic carbocycles. The minimum Gasteiger partial charge on any atom is -0.392 e. The first-order valence-corrected chi connectivity index (χ1v) is 10.0. The number of amides is 1. The first kappa shape index (κ1) is 19.3. The van der Waals surface area contributed by atoms with E-state index in [1.807, 2.05) is 12.1 Å². The predicted octanol–water partition coefficient (Wildman–Crippen LogP) is 1.60. The van der Waals surface area contributed by atoms with Crippen molar-refractivity contribution in [2.75, 3.05) is 52.9 Å². The number of carbonyl (C=O) groups is 1. The van der Waals surface area contributed by atoms with Crippen molar-refractivity contribution in [2.24, 2.45) is 5.92 Å². The van der Waals surface area contributed by atoms with Crippen LogP contribution in [0.25, 0.3) is 0 Å². The monoisotopic (exact) mass is 359 g/mol. The maximum Gasteiger partial charge on any atom is 0.223 e. The Kier molecular flexibility index (Phi) is 7.06. The average molecular weight is 360 g/mol. The van der Waals surface area contributed by atoms with Gasteiger partial charge in [-0.3, -0.25) is 4.79 Å². The molecule has 26 heavy (non-hydrogen) atoms. The molecule has 1 aromatic rings. The minimum atomic E-state index is 0.0927. The molecule has 1 N–H and O–H groups in total. The third-order valence-corrected chi connectivity index (χ3v) is 5.79. The molecule has 2 aliphatic rings. The van der Waals surface area contributed by atoms with Crippen LogP contribution in [-0.4, -0.2) is 78.6 Å². The van der Waals surface area contributed by atoms with Gasteiger partial charge in [-0.15, -0.1) is 0 Å². The van der Waals surface area contributed by atoms with Crippen molar-refractivity contribution in [2.45, 2.75) is 32.3 Å². The second-order valence-electron chi connectivity index (χ2n) is 7.93. The Hall–Kier alpha value is -1.43. The number of carbonyl (C=O) groups excluding carboxylic acids is 1. The molecule has 144 valence electrons. The molecule has 1 atom stereocenters. The first-order chi connectivity index (χ1) is 12.6. The fourth-order valence-corrected chi connectivity index (χ4v) is 4.15. The van der Waals surface area contributed by atoms with Crippen molar-refractivity contribution in [3.63, 3.8) is 0 Å². The Morgan fingerprint density at radius 3 is 2.85 bits per heavy atom. The lowest BCUT2D eigenvalue weighted by Gasteiger charge is -2.22. The van der Waals surface area contributed by atoms with Crippen LogP contribution in [0.1, 0.15) is 30.4 Å². The Labute approximate surface area is 157 Å². The van der Waals surface area contributed by atoms with E-state index in [1.165, 1.54) is 12.0 Å². The Morgan fingerprint density at radius 2 is 2.00 bits per heavy atom. The van der Waals surface area contributed by atoms with Crippen LogP contribution in [0.3, 0.4) is 0 Å². The highest BCUT2D eigenvalue weighted by atomic mass is 16.3. The fourth-order valence-electron chi connectivity index (χ4n) is 4.15. The van der Waals surface area contributed by atoms with E-state index in [9.17, 15) is 9.90 Å². The summed E-state index contributed by atoms with van der Waals surface area (Å²) < 4.78 is 0. The molecule has 0 spiro atoms. The standard InChI is InChI=1S/C21H33N3O2/c1-22-8-3-9-23(13-12-22)10-7-21(26)24-11-6-19(16-24)14-18-4-2-5-20(15-18)17-25/h2,4-5,15,19,25H,3,6-14,16-17H2,1H3/t19-/m0/s1. The van der Waals surface area contributed by atoms with Gasteiger partial charge in [-0.2, -0.15) is 0 Å². The van der Waals surface area contributed by atoms with Crippen LogP contribution in [0.4, 0.5) is 0 Å². The molecule has 0 saturated carbocycles. The Bertz CT molecular complexity index is 592. The molecular formula is C21H33N3O2. The number of aliphatic hydroxyl groups excluding tert-OH is 1. The second kappa shape index (κ2) is 9.49. The zero-order valence-electron chi connectivity index (χ0n) is 16.1. The maximum absolute atomic E-state index is 12.6. The van der Waals surface area contributed by atoms with Crippen LogP contribution in [0, 0.1) is 5.92 Å². The summed E-state index contributed by atoms with van der Waals surface area (Å²) >= 11 is 0. The van der Waals surface area contributed by atoms with E-state index < -0.39 is 0 Å². The van der Waals surface area contributed by atoms with Crippen LogP contribution < -0.4 is 0 Å². The van der Waals surface area contributed by atoms with Crippen molar-refractivity contribution >= 4 is 5.91 Å². The molecule has 0 radical (unpaired) electrons. The third kappa shape index (κ3) is 5.53. The number of benzene rings is 1. The molecule has 2 fully saturated rings. The molecule has 1 aromatic carbocycles. The van der Waals surface area contributed by atoms with Crippen molar-refractivity contribution < 1.29 is 9.90 Å².